The molecule has 0 atom stereocenters. The van der Waals surface area contributed by atoms with Crippen molar-refractivity contribution in [2.45, 2.75) is 37.2 Å². The summed E-state index contributed by atoms with van der Waals surface area (Å²) >= 11 is 1.41. The van der Waals surface area contributed by atoms with Gasteiger partial charge in [-0.25, -0.2) is 4.39 Å². The second-order valence-electron chi connectivity index (χ2n) is 6.92. The molecule has 28 heavy (non-hydrogen) atoms. The van der Waals surface area contributed by atoms with Crippen LogP contribution in [-0.4, -0.2) is 26.3 Å². The van der Waals surface area contributed by atoms with Gasteiger partial charge < -0.3 is 9.32 Å². The molecule has 5 nitrogen and oxygen atoms in total. The van der Waals surface area contributed by atoms with E-state index in [0.29, 0.717) is 13.1 Å². The molecular weight excluding hydrogens is 377 g/mol. The summed E-state index contributed by atoms with van der Waals surface area (Å²) in [4.78, 5) is 15.6. The molecule has 1 aromatic carbocycles. The molecule has 3 aromatic rings. The zero-order valence-corrected chi connectivity index (χ0v) is 16.5. The van der Waals surface area contributed by atoms with E-state index in [1.807, 2.05) is 23.9 Å². The quantitative estimate of drug-likeness (QED) is 0.564. The number of amides is 1. The van der Waals surface area contributed by atoms with Gasteiger partial charge in [0.1, 0.15) is 11.6 Å². The molecule has 146 valence electrons. The van der Waals surface area contributed by atoms with Crippen LogP contribution < -0.4 is 0 Å². The van der Waals surface area contributed by atoms with Crippen molar-refractivity contribution in [1.29, 1.82) is 0 Å². The highest BCUT2D eigenvalue weighted by atomic mass is 32.2. The summed E-state index contributed by atoms with van der Waals surface area (Å²) in [5.41, 5.74) is 3.54. The Morgan fingerprint density at radius 3 is 2.82 bits per heavy atom. The summed E-state index contributed by atoms with van der Waals surface area (Å²) in [7, 11) is 1.97. The Morgan fingerprint density at radius 2 is 2.07 bits per heavy atom. The van der Waals surface area contributed by atoms with E-state index in [4.69, 9.17) is 4.42 Å². The molecule has 0 N–H and O–H groups in total. The zero-order chi connectivity index (χ0) is 19.5. The number of aryl methyl sites for hydroxylation is 1. The topological polar surface area (TPSA) is 51.3 Å². The van der Waals surface area contributed by atoms with E-state index in [2.05, 4.69) is 5.10 Å². The Bertz CT molecular complexity index is 951. The smallest absolute Gasteiger partial charge is 0.233 e. The van der Waals surface area contributed by atoms with Crippen LogP contribution in [-0.2, 0) is 37.8 Å². The molecule has 0 aliphatic heterocycles. The first kappa shape index (κ1) is 18.8. The predicted molar refractivity (Wildman–Crippen MR) is 105 cm³/mol. The minimum Gasteiger partial charge on any atom is -0.467 e. The van der Waals surface area contributed by atoms with Crippen molar-refractivity contribution in [2.75, 3.05) is 5.75 Å². The Morgan fingerprint density at radius 1 is 1.25 bits per heavy atom. The van der Waals surface area contributed by atoms with Crippen molar-refractivity contribution >= 4 is 17.7 Å². The van der Waals surface area contributed by atoms with E-state index < -0.39 is 0 Å². The van der Waals surface area contributed by atoms with Gasteiger partial charge in [0.15, 0.2) is 0 Å². The SMILES string of the molecule is Cn1nc(CN(Cc2ccco2)C(=O)CSc2ccc(F)cc2)c2c1CCC2. The third kappa shape index (κ3) is 4.14. The van der Waals surface area contributed by atoms with E-state index in [9.17, 15) is 9.18 Å². The number of hydrogen-bond donors (Lipinski definition) is 0. The second kappa shape index (κ2) is 8.22. The lowest BCUT2D eigenvalue weighted by Gasteiger charge is -2.21. The minimum absolute atomic E-state index is 0.00289. The van der Waals surface area contributed by atoms with Crippen molar-refractivity contribution in [3.63, 3.8) is 0 Å². The van der Waals surface area contributed by atoms with E-state index in [1.165, 1.54) is 35.2 Å². The van der Waals surface area contributed by atoms with Gasteiger partial charge in [-0.3, -0.25) is 9.48 Å². The number of furan rings is 1. The second-order valence-corrected chi connectivity index (χ2v) is 7.97. The molecule has 1 aliphatic carbocycles. The van der Waals surface area contributed by atoms with Gasteiger partial charge in [0.25, 0.3) is 0 Å². The van der Waals surface area contributed by atoms with Gasteiger partial charge >= 0.3 is 0 Å². The number of aromatic nitrogens is 2. The standard InChI is InChI=1S/C21H22FN3O2S/c1-24-20-6-2-5-18(20)19(23-24)13-25(12-16-4-3-11-27-16)21(26)14-28-17-9-7-15(22)8-10-17/h3-4,7-11H,2,5-6,12-14H2,1H3. The van der Waals surface area contributed by atoms with Gasteiger partial charge in [-0.1, -0.05) is 0 Å². The Hall–Kier alpha value is -2.54. The van der Waals surface area contributed by atoms with Gasteiger partial charge in [0.05, 0.1) is 30.8 Å². The molecule has 0 unspecified atom stereocenters. The van der Waals surface area contributed by atoms with Crippen molar-refractivity contribution < 1.29 is 13.6 Å². The average molecular weight is 399 g/mol. The lowest BCUT2D eigenvalue weighted by Crippen LogP contribution is -2.32. The largest absolute Gasteiger partial charge is 0.467 e. The number of hydrogen-bond acceptors (Lipinski definition) is 4. The first-order chi connectivity index (χ1) is 13.6. The third-order valence-corrected chi connectivity index (χ3v) is 5.99. The molecule has 1 amide bonds. The monoisotopic (exact) mass is 399 g/mol. The van der Waals surface area contributed by atoms with Crippen LogP contribution in [0.15, 0.2) is 52.0 Å². The maximum atomic E-state index is 13.1. The van der Waals surface area contributed by atoms with Crippen LogP contribution in [0.3, 0.4) is 0 Å². The van der Waals surface area contributed by atoms with E-state index >= 15 is 0 Å². The normalized spacial score (nSPS) is 12.9. The van der Waals surface area contributed by atoms with Crippen LogP contribution in [0.2, 0.25) is 0 Å². The molecule has 0 bridgehead atoms. The first-order valence-electron chi connectivity index (χ1n) is 9.32. The summed E-state index contributed by atoms with van der Waals surface area (Å²) in [5.74, 6) is 0.747. The van der Waals surface area contributed by atoms with Crippen LogP contribution in [0.4, 0.5) is 4.39 Å². The zero-order valence-electron chi connectivity index (χ0n) is 15.7. The number of halogens is 1. The molecule has 2 heterocycles. The maximum absolute atomic E-state index is 13.1. The van der Waals surface area contributed by atoms with Gasteiger partial charge in [-0.15, -0.1) is 11.8 Å². The lowest BCUT2D eigenvalue weighted by atomic mass is 10.2. The van der Waals surface area contributed by atoms with Crippen molar-refractivity contribution in [3.8, 4) is 0 Å². The Balaban J connectivity index is 1.49. The van der Waals surface area contributed by atoms with Crippen LogP contribution in [0.1, 0.15) is 29.1 Å². The maximum Gasteiger partial charge on any atom is 0.233 e. The van der Waals surface area contributed by atoms with Crippen molar-refractivity contribution in [1.82, 2.24) is 14.7 Å². The number of nitrogens with zero attached hydrogens (tertiary/aromatic N) is 3. The van der Waals surface area contributed by atoms with Gasteiger partial charge in [-0.2, -0.15) is 5.10 Å². The highest BCUT2D eigenvalue weighted by molar-refractivity contribution is 8.00. The molecule has 0 fully saturated rings. The van der Waals surface area contributed by atoms with E-state index in [1.54, 1.807) is 23.3 Å². The molecule has 0 radical (unpaired) electrons. The fourth-order valence-electron chi connectivity index (χ4n) is 3.60. The summed E-state index contributed by atoms with van der Waals surface area (Å²) < 4.78 is 20.5. The van der Waals surface area contributed by atoms with Gasteiger partial charge in [-0.05, 0) is 61.2 Å². The van der Waals surface area contributed by atoms with E-state index in [-0.39, 0.29) is 17.5 Å². The highest BCUT2D eigenvalue weighted by Gasteiger charge is 2.24. The van der Waals surface area contributed by atoms with Crippen LogP contribution >= 0.6 is 11.8 Å². The van der Waals surface area contributed by atoms with Gasteiger partial charge in [0, 0.05) is 17.6 Å². The highest BCUT2D eigenvalue weighted by Crippen LogP contribution is 2.26. The van der Waals surface area contributed by atoms with Crippen LogP contribution in [0.5, 0.6) is 0 Å². The summed E-state index contributed by atoms with van der Waals surface area (Å²) in [6.07, 6.45) is 4.82. The number of benzene rings is 1. The molecular formula is C21H22FN3O2S. The number of fused-ring (bicyclic) bond motifs is 1. The van der Waals surface area contributed by atoms with E-state index in [0.717, 1.165) is 35.6 Å². The summed E-state index contributed by atoms with van der Waals surface area (Å²) in [6, 6.07) is 9.89. The summed E-state index contributed by atoms with van der Waals surface area (Å²) in [6.45, 7) is 0.869. The average Bonchev–Trinajstić information content (AvgIpc) is 3.42. The molecule has 1 aliphatic rings. The molecule has 0 saturated heterocycles. The summed E-state index contributed by atoms with van der Waals surface area (Å²) in [5, 5.41) is 4.66. The number of carbonyl (C=O) groups is 1. The molecule has 7 heteroatoms. The molecule has 4 rings (SSSR count). The molecule has 0 spiro atoms. The first-order valence-corrected chi connectivity index (χ1v) is 10.3. The number of carbonyl (C=O) groups excluding carboxylic acids is 1. The Labute approximate surface area is 167 Å². The number of thioether (sulfide) groups is 1. The van der Waals surface area contributed by atoms with Gasteiger partial charge in [0.2, 0.25) is 5.91 Å². The molecule has 2 aromatic heterocycles. The molecule has 0 saturated carbocycles. The minimum atomic E-state index is -0.279. The lowest BCUT2D eigenvalue weighted by molar-refractivity contribution is -0.129. The van der Waals surface area contributed by atoms with Crippen molar-refractivity contribution in [3.05, 3.63) is 71.2 Å². The number of rotatable bonds is 7. The fourth-order valence-corrected chi connectivity index (χ4v) is 4.40. The van der Waals surface area contributed by atoms with Crippen LogP contribution in [0.25, 0.3) is 0 Å². The fraction of sp³-hybridized carbons (Fsp3) is 0.333. The van der Waals surface area contributed by atoms with Crippen molar-refractivity contribution in [2.24, 2.45) is 7.05 Å². The Kier molecular flexibility index (Phi) is 5.52. The third-order valence-electron chi connectivity index (χ3n) is 4.99. The predicted octanol–water partition coefficient (Wildman–Crippen LogP) is 3.96. The van der Waals surface area contributed by atoms with Crippen LogP contribution in [0, 0.1) is 5.82 Å².